The summed E-state index contributed by atoms with van der Waals surface area (Å²) in [7, 11) is -1.00. The van der Waals surface area contributed by atoms with E-state index in [4.69, 9.17) is 11.6 Å². The van der Waals surface area contributed by atoms with E-state index in [1.165, 1.54) is 11.6 Å². The fourth-order valence-corrected chi connectivity index (χ4v) is 4.75. The maximum atomic E-state index is 5.89. The van der Waals surface area contributed by atoms with Crippen molar-refractivity contribution in [1.82, 2.24) is 0 Å². The first-order chi connectivity index (χ1) is 6.92. The second kappa shape index (κ2) is 5.51. The summed E-state index contributed by atoms with van der Waals surface area (Å²) in [6.07, 6.45) is 0. The lowest BCUT2D eigenvalue weighted by molar-refractivity contribution is 0.865. The van der Waals surface area contributed by atoms with Crippen LogP contribution in [0.3, 0.4) is 0 Å². The molecule has 1 atom stereocenters. The Morgan fingerprint density at radius 2 is 1.73 bits per heavy atom. The second-order valence-corrected chi connectivity index (χ2v) is 11.8. The molecule has 0 aliphatic heterocycles. The predicted molar refractivity (Wildman–Crippen MR) is 76.1 cm³/mol. The third-order valence-electron chi connectivity index (χ3n) is 2.39. The summed E-state index contributed by atoms with van der Waals surface area (Å²) in [4.78, 5) is 0. The van der Waals surface area contributed by atoms with Crippen molar-refractivity contribution >= 4 is 35.6 Å². The topological polar surface area (TPSA) is 0 Å². The molecule has 1 aromatic carbocycles. The third-order valence-corrected chi connectivity index (χ3v) is 5.14. The van der Waals surface area contributed by atoms with E-state index in [0.29, 0.717) is 5.92 Å². The van der Waals surface area contributed by atoms with Crippen molar-refractivity contribution < 1.29 is 0 Å². The molecule has 3 heteroatoms. The van der Waals surface area contributed by atoms with Crippen molar-refractivity contribution in [2.75, 3.05) is 5.33 Å². The Hall–Kier alpha value is 0.207. The highest BCUT2D eigenvalue weighted by atomic mass is 79.9. The minimum absolute atomic E-state index is 0.633. The van der Waals surface area contributed by atoms with Crippen LogP contribution in [0.25, 0.3) is 0 Å². The van der Waals surface area contributed by atoms with Crippen LogP contribution in [0.4, 0.5) is 0 Å². The van der Waals surface area contributed by atoms with Crippen LogP contribution in [0.15, 0.2) is 24.3 Å². The molecule has 1 unspecified atom stereocenters. The van der Waals surface area contributed by atoms with Gasteiger partial charge in [-0.05, 0) is 29.7 Å². The molecule has 0 heterocycles. The highest BCUT2D eigenvalue weighted by molar-refractivity contribution is 9.09. The predicted octanol–water partition coefficient (Wildman–Crippen LogP) is 5.16. The normalized spacial score (nSPS) is 13.9. The third kappa shape index (κ3) is 4.71. The highest BCUT2D eigenvalue weighted by Gasteiger charge is 2.20. The molecule has 0 saturated heterocycles. The lowest BCUT2D eigenvalue weighted by Gasteiger charge is -2.23. The van der Waals surface area contributed by atoms with E-state index in [1.54, 1.807) is 0 Å². The van der Waals surface area contributed by atoms with Gasteiger partial charge in [0.25, 0.3) is 0 Å². The van der Waals surface area contributed by atoms with Crippen molar-refractivity contribution in [2.24, 2.45) is 0 Å². The van der Waals surface area contributed by atoms with Gasteiger partial charge in [-0.15, -0.1) is 0 Å². The van der Waals surface area contributed by atoms with Crippen molar-refractivity contribution in [1.29, 1.82) is 0 Å². The zero-order chi connectivity index (χ0) is 11.5. The summed E-state index contributed by atoms with van der Waals surface area (Å²) in [5, 5.41) is 1.86. The molecular weight excluding hydrogens is 288 g/mol. The number of alkyl halides is 1. The van der Waals surface area contributed by atoms with E-state index in [9.17, 15) is 0 Å². The molecule has 0 N–H and O–H groups in total. The fraction of sp³-hybridized carbons (Fsp3) is 0.500. The molecule has 1 aromatic rings. The Kier molecular flexibility index (Phi) is 4.88. The van der Waals surface area contributed by atoms with Gasteiger partial charge in [0, 0.05) is 18.4 Å². The van der Waals surface area contributed by atoms with Gasteiger partial charge in [-0.25, -0.2) is 0 Å². The smallest absolute Gasteiger partial charge is 0.0449 e. The first-order valence-electron chi connectivity index (χ1n) is 5.24. The van der Waals surface area contributed by atoms with E-state index in [-0.39, 0.29) is 0 Å². The standard InChI is InChI=1S/C12H18BrClSi/c1-15(2,3)9-11(8-13)10-4-6-12(14)7-5-10/h4-7,11H,8-9H2,1-3H3. The first-order valence-corrected chi connectivity index (χ1v) is 10.4. The molecule has 0 bridgehead atoms. The van der Waals surface area contributed by atoms with Crippen LogP contribution < -0.4 is 0 Å². The molecule has 0 radical (unpaired) electrons. The van der Waals surface area contributed by atoms with E-state index < -0.39 is 8.07 Å². The number of hydrogen-bond acceptors (Lipinski definition) is 0. The van der Waals surface area contributed by atoms with E-state index in [1.807, 2.05) is 12.1 Å². The molecule has 0 nitrogen and oxygen atoms in total. The maximum Gasteiger partial charge on any atom is 0.0449 e. The summed E-state index contributed by atoms with van der Waals surface area (Å²) < 4.78 is 0. The number of halogens is 2. The zero-order valence-electron chi connectivity index (χ0n) is 9.56. The van der Waals surface area contributed by atoms with Crippen LogP contribution >= 0.6 is 27.5 Å². The highest BCUT2D eigenvalue weighted by Crippen LogP contribution is 2.29. The number of hydrogen-bond donors (Lipinski definition) is 0. The zero-order valence-corrected chi connectivity index (χ0v) is 12.9. The van der Waals surface area contributed by atoms with Gasteiger partial charge >= 0.3 is 0 Å². The number of rotatable bonds is 4. The van der Waals surface area contributed by atoms with Gasteiger partial charge in [-0.3, -0.25) is 0 Å². The Morgan fingerprint density at radius 3 is 2.13 bits per heavy atom. The molecule has 0 fully saturated rings. The van der Waals surface area contributed by atoms with Crippen LogP contribution in [0, 0.1) is 0 Å². The summed E-state index contributed by atoms with van der Waals surface area (Å²) in [6.45, 7) is 7.25. The van der Waals surface area contributed by atoms with Crippen molar-refractivity contribution in [3.63, 3.8) is 0 Å². The van der Waals surface area contributed by atoms with Crippen molar-refractivity contribution in [2.45, 2.75) is 31.6 Å². The number of benzene rings is 1. The lowest BCUT2D eigenvalue weighted by atomic mass is 10.0. The molecular formula is C12H18BrClSi. The van der Waals surface area contributed by atoms with Crippen LogP contribution in [0.2, 0.25) is 30.7 Å². The summed E-state index contributed by atoms with van der Waals surface area (Å²) in [6, 6.07) is 9.58. The molecule has 0 spiro atoms. The van der Waals surface area contributed by atoms with E-state index in [2.05, 4.69) is 47.7 Å². The molecule has 1 rings (SSSR count). The molecule has 0 saturated carbocycles. The Bertz CT molecular complexity index is 302. The molecule has 0 amide bonds. The quantitative estimate of drug-likeness (QED) is 0.532. The lowest BCUT2D eigenvalue weighted by Crippen LogP contribution is -2.23. The summed E-state index contributed by atoms with van der Waals surface area (Å²) in [5.74, 6) is 0.633. The summed E-state index contributed by atoms with van der Waals surface area (Å²) >= 11 is 9.50. The van der Waals surface area contributed by atoms with Gasteiger partial charge < -0.3 is 0 Å². The average Bonchev–Trinajstić information content (AvgIpc) is 2.14. The van der Waals surface area contributed by atoms with Gasteiger partial charge in [0.05, 0.1) is 0 Å². The van der Waals surface area contributed by atoms with Gasteiger partial charge in [0.2, 0.25) is 0 Å². The molecule has 0 aliphatic rings. The van der Waals surface area contributed by atoms with Crippen LogP contribution in [0.5, 0.6) is 0 Å². The molecule has 84 valence electrons. The maximum absolute atomic E-state index is 5.89. The van der Waals surface area contributed by atoms with Gasteiger partial charge in [-0.2, -0.15) is 0 Å². The van der Waals surface area contributed by atoms with Crippen molar-refractivity contribution in [3.8, 4) is 0 Å². The Morgan fingerprint density at radius 1 is 1.20 bits per heavy atom. The van der Waals surface area contributed by atoms with E-state index in [0.717, 1.165) is 10.4 Å². The SMILES string of the molecule is C[Si](C)(C)CC(CBr)c1ccc(Cl)cc1. The first kappa shape index (κ1) is 13.3. The van der Waals surface area contributed by atoms with Gasteiger partial charge in [-0.1, -0.05) is 59.3 Å². The summed E-state index contributed by atoms with van der Waals surface area (Å²) in [5.41, 5.74) is 1.40. The monoisotopic (exact) mass is 304 g/mol. The Balaban J connectivity index is 2.79. The molecule has 0 aliphatic carbocycles. The fourth-order valence-electron chi connectivity index (χ4n) is 1.74. The van der Waals surface area contributed by atoms with Gasteiger partial charge in [0.15, 0.2) is 0 Å². The van der Waals surface area contributed by atoms with Crippen LogP contribution in [-0.4, -0.2) is 13.4 Å². The van der Waals surface area contributed by atoms with E-state index >= 15 is 0 Å². The van der Waals surface area contributed by atoms with Crippen LogP contribution in [0.1, 0.15) is 11.5 Å². The van der Waals surface area contributed by atoms with Gasteiger partial charge in [0.1, 0.15) is 0 Å². The molecule has 0 aromatic heterocycles. The minimum atomic E-state index is -1.00. The average molecular weight is 306 g/mol. The van der Waals surface area contributed by atoms with Crippen LogP contribution in [-0.2, 0) is 0 Å². The second-order valence-electron chi connectivity index (χ2n) is 5.17. The largest absolute Gasteiger partial charge is 0.0922 e. The Labute approximate surface area is 107 Å². The minimum Gasteiger partial charge on any atom is -0.0922 e. The molecule has 15 heavy (non-hydrogen) atoms. The van der Waals surface area contributed by atoms with Crippen molar-refractivity contribution in [3.05, 3.63) is 34.9 Å².